The molecular formula is C12H12N4O. The largest absolute Gasteiger partial charge is 0.381 e. The predicted octanol–water partition coefficient (Wildman–Crippen LogP) is 1.58. The zero-order chi connectivity index (χ0) is 12.1. The van der Waals surface area contributed by atoms with Crippen molar-refractivity contribution in [1.29, 1.82) is 5.26 Å². The number of rotatable bonds is 4. The van der Waals surface area contributed by atoms with Crippen LogP contribution < -0.4 is 5.73 Å². The lowest BCUT2D eigenvalue weighted by molar-refractivity contribution is 0.104. The summed E-state index contributed by atoms with van der Waals surface area (Å²) in [5, 5.41) is 15.3. The highest BCUT2D eigenvalue weighted by Gasteiger charge is 2.09. The standard InChI is InChI=1S/C12H12N4O/c13-6-10-11(15-16-12(10)14)8-17-7-9-4-2-1-3-5-9/h1-5H,7-8H2,(H3,14,15,16). The normalized spacial score (nSPS) is 10.1. The fraction of sp³-hybridized carbons (Fsp3) is 0.167. The molecule has 0 atom stereocenters. The Morgan fingerprint density at radius 1 is 1.29 bits per heavy atom. The van der Waals surface area contributed by atoms with E-state index in [2.05, 4.69) is 10.2 Å². The fourth-order valence-electron chi connectivity index (χ4n) is 1.47. The Morgan fingerprint density at radius 2 is 2.06 bits per heavy atom. The first-order chi connectivity index (χ1) is 8.31. The summed E-state index contributed by atoms with van der Waals surface area (Å²) in [6.45, 7) is 0.784. The lowest BCUT2D eigenvalue weighted by Gasteiger charge is -2.02. The average molecular weight is 228 g/mol. The summed E-state index contributed by atoms with van der Waals surface area (Å²) in [6.07, 6.45) is 0. The molecule has 0 aliphatic rings. The molecule has 2 rings (SSSR count). The SMILES string of the molecule is N#Cc1c(N)n[nH]c1COCc1ccccc1. The molecule has 5 heteroatoms. The van der Waals surface area contributed by atoms with Gasteiger partial charge in [0.1, 0.15) is 11.6 Å². The Balaban J connectivity index is 1.93. The van der Waals surface area contributed by atoms with Crippen LogP contribution in [-0.2, 0) is 18.0 Å². The van der Waals surface area contributed by atoms with Gasteiger partial charge in [-0.1, -0.05) is 30.3 Å². The molecule has 1 aromatic heterocycles. The highest BCUT2D eigenvalue weighted by atomic mass is 16.5. The third kappa shape index (κ3) is 2.62. The molecule has 0 amide bonds. The maximum atomic E-state index is 8.86. The molecule has 86 valence electrons. The Bertz CT molecular complexity index is 527. The van der Waals surface area contributed by atoms with Crippen LogP contribution in [0.1, 0.15) is 16.8 Å². The van der Waals surface area contributed by atoms with Crippen molar-refractivity contribution in [2.45, 2.75) is 13.2 Å². The van der Waals surface area contributed by atoms with Gasteiger partial charge in [-0.3, -0.25) is 5.10 Å². The van der Waals surface area contributed by atoms with E-state index in [4.69, 9.17) is 15.7 Å². The molecule has 1 heterocycles. The first-order valence-electron chi connectivity index (χ1n) is 5.15. The first kappa shape index (κ1) is 11.2. The first-order valence-corrected chi connectivity index (χ1v) is 5.15. The number of nitrogens with zero attached hydrogens (tertiary/aromatic N) is 2. The van der Waals surface area contributed by atoms with E-state index < -0.39 is 0 Å². The summed E-state index contributed by atoms with van der Waals surface area (Å²) >= 11 is 0. The highest BCUT2D eigenvalue weighted by molar-refractivity contribution is 5.50. The molecule has 0 aliphatic carbocycles. The van der Waals surface area contributed by atoms with E-state index in [0.29, 0.717) is 24.5 Å². The van der Waals surface area contributed by atoms with Gasteiger partial charge in [-0.05, 0) is 5.56 Å². The molecule has 0 saturated carbocycles. The molecule has 0 spiro atoms. The number of nitrogen functional groups attached to an aromatic ring is 1. The number of hydrogen-bond donors (Lipinski definition) is 2. The number of ether oxygens (including phenoxy) is 1. The number of aromatic amines is 1. The number of H-pyrrole nitrogens is 1. The summed E-state index contributed by atoms with van der Waals surface area (Å²) in [5.74, 6) is 0.214. The Labute approximate surface area is 98.8 Å². The van der Waals surface area contributed by atoms with Crippen molar-refractivity contribution < 1.29 is 4.74 Å². The van der Waals surface area contributed by atoms with Crippen LogP contribution in [0.15, 0.2) is 30.3 Å². The predicted molar refractivity (Wildman–Crippen MR) is 62.7 cm³/mol. The van der Waals surface area contributed by atoms with Crippen LogP contribution in [0.5, 0.6) is 0 Å². The average Bonchev–Trinajstić information content (AvgIpc) is 2.71. The minimum atomic E-state index is 0.214. The lowest BCUT2D eigenvalue weighted by atomic mass is 10.2. The van der Waals surface area contributed by atoms with Gasteiger partial charge in [-0.25, -0.2) is 0 Å². The maximum Gasteiger partial charge on any atom is 0.163 e. The quantitative estimate of drug-likeness (QED) is 0.831. The molecule has 5 nitrogen and oxygen atoms in total. The van der Waals surface area contributed by atoms with Crippen LogP contribution in [0.2, 0.25) is 0 Å². The lowest BCUT2D eigenvalue weighted by Crippen LogP contribution is -1.96. The molecule has 0 saturated heterocycles. The Morgan fingerprint density at radius 3 is 2.76 bits per heavy atom. The van der Waals surface area contributed by atoms with Gasteiger partial charge in [0.25, 0.3) is 0 Å². The summed E-state index contributed by atoms with van der Waals surface area (Å²) < 4.78 is 5.48. The summed E-state index contributed by atoms with van der Waals surface area (Å²) in [7, 11) is 0. The second kappa shape index (κ2) is 5.14. The van der Waals surface area contributed by atoms with Crippen molar-refractivity contribution in [2.24, 2.45) is 0 Å². The molecule has 17 heavy (non-hydrogen) atoms. The molecule has 2 aromatic rings. The van der Waals surface area contributed by atoms with E-state index in [9.17, 15) is 0 Å². The molecule has 1 aromatic carbocycles. The molecule has 0 unspecified atom stereocenters. The van der Waals surface area contributed by atoms with Crippen molar-refractivity contribution in [3.63, 3.8) is 0 Å². The minimum absolute atomic E-state index is 0.214. The number of benzene rings is 1. The van der Waals surface area contributed by atoms with Crippen LogP contribution in [0.3, 0.4) is 0 Å². The van der Waals surface area contributed by atoms with Gasteiger partial charge in [0, 0.05) is 0 Å². The Kier molecular flexibility index (Phi) is 3.38. The van der Waals surface area contributed by atoms with Crippen LogP contribution in [-0.4, -0.2) is 10.2 Å². The van der Waals surface area contributed by atoms with Gasteiger partial charge in [-0.15, -0.1) is 0 Å². The number of aromatic nitrogens is 2. The second-order valence-corrected chi connectivity index (χ2v) is 3.55. The van der Waals surface area contributed by atoms with Gasteiger partial charge in [0.15, 0.2) is 5.82 Å². The molecule has 0 aliphatic heterocycles. The van der Waals surface area contributed by atoms with Gasteiger partial charge in [-0.2, -0.15) is 10.4 Å². The van der Waals surface area contributed by atoms with E-state index in [1.54, 1.807) is 0 Å². The van der Waals surface area contributed by atoms with Crippen LogP contribution in [0.4, 0.5) is 5.82 Å². The van der Waals surface area contributed by atoms with E-state index in [-0.39, 0.29) is 5.82 Å². The van der Waals surface area contributed by atoms with Gasteiger partial charge in [0.05, 0.1) is 18.9 Å². The van der Waals surface area contributed by atoms with Crippen LogP contribution in [0.25, 0.3) is 0 Å². The third-order valence-electron chi connectivity index (χ3n) is 2.34. The van der Waals surface area contributed by atoms with Crippen molar-refractivity contribution in [1.82, 2.24) is 10.2 Å². The van der Waals surface area contributed by atoms with Crippen molar-refractivity contribution in [3.05, 3.63) is 47.2 Å². The van der Waals surface area contributed by atoms with Crippen molar-refractivity contribution >= 4 is 5.82 Å². The van der Waals surface area contributed by atoms with Gasteiger partial charge in [0.2, 0.25) is 0 Å². The van der Waals surface area contributed by atoms with Crippen LogP contribution in [0, 0.1) is 11.3 Å². The molecule has 0 bridgehead atoms. The number of nitrogens with two attached hydrogens (primary N) is 1. The number of hydrogen-bond acceptors (Lipinski definition) is 4. The number of anilines is 1. The molecular weight excluding hydrogens is 216 g/mol. The zero-order valence-corrected chi connectivity index (χ0v) is 9.18. The van der Waals surface area contributed by atoms with Crippen molar-refractivity contribution in [3.8, 4) is 6.07 Å². The minimum Gasteiger partial charge on any atom is -0.381 e. The second-order valence-electron chi connectivity index (χ2n) is 3.55. The summed E-state index contributed by atoms with van der Waals surface area (Å²) in [5.41, 5.74) is 7.57. The van der Waals surface area contributed by atoms with Gasteiger partial charge >= 0.3 is 0 Å². The monoisotopic (exact) mass is 228 g/mol. The molecule has 0 fully saturated rings. The zero-order valence-electron chi connectivity index (χ0n) is 9.18. The highest BCUT2D eigenvalue weighted by Crippen LogP contribution is 2.13. The van der Waals surface area contributed by atoms with E-state index in [1.807, 2.05) is 36.4 Å². The topological polar surface area (TPSA) is 87.7 Å². The van der Waals surface area contributed by atoms with E-state index in [1.165, 1.54) is 0 Å². The summed E-state index contributed by atoms with van der Waals surface area (Å²) in [6, 6.07) is 11.8. The summed E-state index contributed by atoms with van der Waals surface area (Å²) in [4.78, 5) is 0. The third-order valence-corrected chi connectivity index (χ3v) is 2.34. The number of nitrogens with one attached hydrogen (secondary N) is 1. The molecule has 0 radical (unpaired) electrons. The molecule has 3 N–H and O–H groups in total. The van der Waals surface area contributed by atoms with Crippen molar-refractivity contribution in [2.75, 3.05) is 5.73 Å². The van der Waals surface area contributed by atoms with E-state index in [0.717, 1.165) is 5.56 Å². The Hall–Kier alpha value is -2.32. The van der Waals surface area contributed by atoms with Gasteiger partial charge < -0.3 is 10.5 Å². The number of nitriles is 1. The smallest absolute Gasteiger partial charge is 0.163 e. The van der Waals surface area contributed by atoms with E-state index >= 15 is 0 Å². The maximum absolute atomic E-state index is 8.86. The fourth-order valence-corrected chi connectivity index (χ4v) is 1.47. The van der Waals surface area contributed by atoms with Crippen LogP contribution >= 0.6 is 0 Å².